The molecule has 0 spiro atoms. The van der Waals surface area contributed by atoms with E-state index in [1.54, 1.807) is 0 Å². The lowest BCUT2D eigenvalue weighted by molar-refractivity contribution is 0.249. The zero-order valence-corrected chi connectivity index (χ0v) is 31.5. The van der Waals surface area contributed by atoms with Gasteiger partial charge in [-0.3, -0.25) is 0 Å². The van der Waals surface area contributed by atoms with Gasteiger partial charge in [0.05, 0.1) is 35.6 Å². The molecule has 8 nitrogen and oxygen atoms in total. The number of nitrogens with one attached hydrogen (secondary N) is 2. The number of rotatable bonds is 20. The number of hydrogen-bond donors (Lipinski definition) is 2. The van der Waals surface area contributed by atoms with E-state index in [1.807, 2.05) is 0 Å². The summed E-state index contributed by atoms with van der Waals surface area (Å²) in [4.78, 5) is 9.92. The molecule has 0 saturated carbocycles. The molecule has 0 atom stereocenters. The summed E-state index contributed by atoms with van der Waals surface area (Å²) in [6, 6.07) is 33.7. The third-order valence-corrected chi connectivity index (χ3v) is 10.2. The van der Waals surface area contributed by atoms with Gasteiger partial charge >= 0.3 is 0 Å². The Balaban J connectivity index is 1.14. The van der Waals surface area contributed by atoms with Crippen molar-refractivity contribution in [3.63, 3.8) is 0 Å². The summed E-state index contributed by atoms with van der Waals surface area (Å²) in [6.07, 6.45) is 7.31. The Hall–Kier alpha value is -4.79. The summed E-state index contributed by atoms with van der Waals surface area (Å²) in [7, 11) is 0. The van der Waals surface area contributed by atoms with Crippen LogP contribution in [0.2, 0.25) is 0 Å². The van der Waals surface area contributed by atoms with Gasteiger partial charge in [-0.05, 0) is 105 Å². The van der Waals surface area contributed by atoms with Gasteiger partial charge in [-0.15, -0.1) is 0 Å². The number of anilines is 2. The average molecular weight is 701 g/mol. The molecule has 0 amide bonds. The molecule has 274 valence electrons. The van der Waals surface area contributed by atoms with Crippen LogP contribution in [0.3, 0.4) is 0 Å². The Morgan fingerprint density at radius 1 is 0.654 bits per heavy atom. The van der Waals surface area contributed by atoms with E-state index in [1.165, 1.54) is 0 Å². The molecule has 0 unspecified atom stereocenters. The first kappa shape index (κ1) is 37.0. The fraction of sp³-hybridized carbons (Fsp3) is 0.386. The maximum atomic E-state index is 6.13. The number of aromatic nitrogens is 2. The number of benzene rings is 4. The Labute approximate surface area is 310 Å². The molecule has 1 aromatic heterocycles. The van der Waals surface area contributed by atoms with Crippen molar-refractivity contribution < 1.29 is 9.47 Å². The van der Waals surface area contributed by atoms with Crippen molar-refractivity contribution in [1.82, 2.24) is 19.4 Å². The minimum absolute atomic E-state index is 0.484. The highest BCUT2D eigenvalue weighted by atomic mass is 16.5. The number of allylic oxidation sites excluding steroid dienone is 1. The first-order valence-electron chi connectivity index (χ1n) is 19.2. The van der Waals surface area contributed by atoms with Crippen LogP contribution in [0.5, 0.6) is 11.5 Å². The van der Waals surface area contributed by atoms with E-state index in [0.717, 1.165) is 109 Å². The van der Waals surface area contributed by atoms with Crippen LogP contribution in [0.25, 0.3) is 22.4 Å². The molecule has 4 aromatic carbocycles. The Kier molecular flexibility index (Phi) is 12.9. The van der Waals surface area contributed by atoms with Gasteiger partial charge in [0.15, 0.2) is 0 Å². The van der Waals surface area contributed by atoms with Gasteiger partial charge in [-0.1, -0.05) is 76.2 Å². The lowest BCUT2D eigenvalue weighted by Crippen LogP contribution is -2.38. The SMILES string of the molecule is CCN(CC)CCCOc1ccc(-c2nc3ccccc3n2C/C=C/CC2(c3ccc(OCCCN(CC)CC)cc3)Nc3ccccc3N2)cc1. The van der Waals surface area contributed by atoms with Crippen molar-refractivity contribution in [1.29, 1.82) is 0 Å². The van der Waals surface area contributed by atoms with Gasteiger partial charge in [-0.25, -0.2) is 4.98 Å². The predicted molar refractivity (Wildman–Crippen MR) is 217 cm³/mol. The Morgan fingerprint density at radius 3 is 1.77 bits per heavy atom. The summed E-state index contributed by atoms with van der Waals surface area (Å²) < 4.78 is 14.5. The molecule has 0 radical (unpaired) electrons. The largest absolute Gasteiger partial charge is 0.494 e. The molecule has 2 N–H and O–H groups in total. The normalized spacial score (nSPS) is 13.5. The molecule has 0 bridgehead atoms. The minimum Gasteiger partial charge on any atom is -0.494 e. The maximum absolute atomic E-state index is 6.13. The number of nitrogens with zero attached hydrogens (tertiary/aromatic N) is 4. The van der Waals surface area contributed by atoms with Crippen LogP contribution in [0.4, 0.5) is 11.4 Å². The highest BCUT2D eigenvalue weighted by Crippen LogP contribution is 2.42. The molecular formula is C44H56N6O2. The van der Waals surface area contributed by atoms with Crippen LogP contribution in [0, 0.1) is 0 Å². The van der Waals surface area contributed by atoms with E-state index in [-0.39, 0.29) is 0 Å². The van der Waals surface area contributed by atoms with Crippen LogP contribution in [-0.2, 0) is 12.2 Å². The van der Waals surface area contributed by atoms with E-state index >= 15 is 0 Å². The molecule has 5 aromatic rings. The summed E-state index contributed by atoms with van der Waals surface area (Å²) in [5, 5.41) is 7.63. The van der Waals surface area contributed by atoms with Crippen molar-refractivity contribution in [2.75, 3.05) is 63.1 Å². The molecule has 0 fully saturated rings. The Bertz CT molecular complexity index is 1830. The second-order valence-corrected chi connectivity index (χ2v) is 13.4. The molecule has 8 heteroatoms. The predicted octanol–water partition coefficient (Wildman–Crippen LogP) is 9.26. The molecule has 2 heterocycles. The van der Waals surface area contributed by atoms with Crippen molar-refractivity contribution in [3.8, 4) is 22.9 Å². The molecule has 52 heavy (non-hydrogen) atoms. The van der Waals surface area contributed by atoms with E-state index in [9.17, 15) is 0 Å². The number of para-hydroxylation sites is 4. The van der Waals surface area contributed by atoms with Crippen LogP contribution in [-0.4, -0.2) is 71.8 Å². The van der Waals surface area contributed by atoms with Gasteiger partial charge in [-0.2, -0.15) is 0 Å². The van der Waals surface area contributed by atoms with E-state index in [0.29, 0.717) is 19.8 Å². The number of fused-ring (bicyclic) bond motifs is 2. The van der Waals surface area contributed by atoms with E-state index in [2.05, 4.69) is 162 Å². The summed E-state index contributed by atoms with van der Waals surface area (Å²) >= 11 is 0. The van der Waals surface area contributed by atoms with E-state index < -0.39 is 5.66 Å². The first-order chi connectivity index (χ1) is 25.6. The molecular weight excluding hydrogens is 645 g/mol. The van der Waals surface area contributed by atoms with Gasteiger partial charge in [0, 0.05) is 31.6 Å². The molecule has 6 rings (SSSR count). The fourth-order valence-corrected chi connectivity index (χ4v) is 7.05. The van der Waals surface area contributed by atoms with Crippen LogP contribution in [0.15, 0.2) is 109 Å². The lowest BCUT2D eigenvalue weighted by Gasteiger charge is -2.31. The highest BCUT2D eigenvalue weighted by Gasteiger charge is 2.36. The standard InChI is InChI=1S/C44H56N6O2/c1-5-48(6-2)30-15-33-51-37-25-21-35(22-26-37)43-45-41-19-11-12-20-42(41)50(43)32-14-13-29-44(46-39-17-9-10-18-40(39)47-44)36-23-27-38(28-24-36)52-34-16-31-49(7-3)8-4/h9-14,17-28,46-47H,5-8,15-16,29-34H2,1-4H3/b14-13+. The van der Waals surface area contributed by atoms with Gasteiger partial charge in [0.25, 0.3) is 0 Å². The van der Waals surface area contributed by atoms with Crippen molar-refractivity contribution >= 4 is 22.4 Å². The monoisotopic (exact) mass is 700 g/mol. The zero-order valence-electron chi connectivity index (χ0n) is 31.5. The molecule has 1 aliphatic heterocycles. The zero-order chi connectivity index (χ0) is 36.2. The summed E-state index contributed by atoms with van der Waals surface area (Å²) in [5.74, 6) is 2.74. The molecule has 0 saturated heterocycles. The third kappa shape index (κ3) is 8.98. The smallest absolute Gasteiger partial charge is 0.141 e. The summed E-state index contributed by atoms with van der Waals surface area (Å²) in [5.41, 5.74) is 6.06. The number of imidazole rings is 1. The fourth-order valence-electron chi connectivity index (χ4n) is 7.05. The second kappa shape index (κ2) is 18.1. The lowest BCUT2D eigenvalue weighted by atomic mass is 9.96. The number of ether oxygens (including phenoxy) is 2. The quantitative estimate of drug-likeness (QED) is 0.0620. The maximum Gasteiger partial charge on any atom is 0.141 e. The van der Waals surface area contributed by atoms with E-state index in [4.69, 9.17) is 14.5 Å². The average Bonchev–Trinajstić information content (AvgIpc) is 3.76. The van der Waals surface area contributed by atoms with Crippen molar-refractivity contribution in [2.45, 2.75) is 59.2 Å². The highest BCUT2D eigenvalue weighted by molar-refractivity contribution is 5.81. The van der Waals surface area contributed by atoms with Crippen LogP contribution in [0.1, 0.15) is 52.5 Å². The topological polar surface area (TPSA) is 66.8 Å². The van der Waals surface area contributed by atoms with Crippen molar-refractivity contribution in [2.24, 2.45) is 0 Å². The van der Waals surface area contributed by atoms with Gasteiger partial charge in [0.1, 0.15) is 23.0 Å². The number of hydrogen-bond acceptors (Lipinski definition) is 7. The summed E-state index contributed by atoms with van der Waals surface area (Å²) in [6.45, 7) is 17.4. The Morgan fingerprint density at radius 2 is 1.19 bits per heavy atom. The second-order valence-electron chi connectivity index (χ2n) is 13.4. The van der Waals surface area contributed by atoms with Gasteiger partial charge in [0.2, 0.25) is 0 Å². The van der Waals surface area contributed by atoms with Gasteiger partial charge < -0.3 is 34.5 Å². The third-order valence-electron chi connectivity index (χ3n) is 10.2. The van der Waals surface area contributed by atoms with Crippen LogP contribution < -0.4 is 20.1 Å². The first-order valence-corrected chi connectivity index (χ1v) is 19.2. The van der Waals surface area contributed by atoms with Crippen molar-refractivity contribution in [3.05, 3.63) is 115 Å². The molecule has 1 aliphatic rings. The van der Waals surface area contributed by atoms with Crippen LogP contribution >= 0.6 is 0 Å². The molecule has 0 aliphatic carbocycles. The minimum atomic E-state index is -0.484.